The van der Waals surface area contributed by atoms with E-state index >= 15 is 0 Å². The van der Waals surface area contributed by atoms with Crippen molar-refractivity contribution in [3.8, 4) is 11.4 Å². The lowest BCUT2D eigenvalue weighted by molar-refractivity contribution is 0.391. The van der Waals surface area contributed by atoms with Gasteiger partial charge in [0.15, 0.2) is 0 Å². The maximum atomic E-state index is 5.68. The predicted octanol–water partition coefficient (Wildman–Crippen LogP) is 2.94. The highest BCUT2D eigenvalue weighted by molar-refractivity contribution is 6.16. The quantitative estimate of drug-likeness (QED) is 0.877. The number of nitrogens with zero attached hydrogens (tertiary/aromatic N) is 2. The van der Waals surface area contributed by atoms with Gasteiger partial charge in [0.2, 0.25) is 11.7 Å². The molecule has 1 unspecified atom stereocenters. The number of halogens is 1. The van der Waals surface area contributed by atoms with Gasteiger partial charge in [-0.2, -0.15) is 4.98 Å². The third-order valence-corrected chi connectivity index (χ3v) is 3.72. The first kappa shape index (κ1) is 12.6. The third kappa shape index (κ3) is 2.80. The van der Waals surface area contributed by atoms with Crippen LogP contribution in [0, 0.1) is 0 Å². The average Bonchev–Trinajstić information content (AvgIpc) is 2.97. The topological polar surface area (TPSA) is 51.0 Å². The zero-order valence-electron chi connectivity index (χ0n) is 10.6. The number of hydrogen-bond acceptors (Lipinski definition) is 4. The van der Waals surface area contributed by atoms with Crippen LogP contribution in [0.15, 0.2) is 28.8 Å². The second kappa shape index (κ2) is 5.72. The molecule has 3 rings (SSSR count). The van der Waals surface area contributed by atoms with Gasteiger partial charge in [-0.25, -0.2) is 0 Å². The largest absolute Gasteiger partial charge is 0.338 e. The number of rotatable bonds is 3. The summed E-state index contributed by atoms with van der Waals surface area (Å²) < 4.78 is 5.05. The molecule has 19 heavy (non-hydrogen) atoms. The lowest BCUT2D eigenvalue weighted by Gasteiger charge is -2.23. The van der Waals surface area contributed by atoms with E-state index in [9.17, 15) is 0 Å². The minimum absolute atomic E-state index is 0.249. The zero-order valence-corrected chi connectivity index (χ0v) is 11.4. The Bertz CT molecular complexity index is 549. The van der Waals surface area contributed by atoms with Crippen LogP contribution in [-0.2, 0) is 5.88 Å². The van der Waals surface area contributed by atoms with E-state index in [1.807, 2.05) is 6.07 Å². The molecule has 2 heterocycles. The van der Waals surface area contributed by atoms with E-state index in [1.165, 1.54) is 18.4 Å². The van der Waals surface area contributed by atoms with Crippen molar-refractivity contribution in [1.82, 2.24) is 15.5 Å². The summed E-state index contributed by atoms with van der Waals surface area (Å²) >= 11 is 5.68. The molecule has 1 aromatic heterocycles. The molecule has 1 saturated heterocycles. The minimum Gasteiger partial charge on any atom is -0.338 e. The van der Waals surface area contributed by atoms with Crippen LogP contribution in [0.3, 0.4) is 0 Å². The van der Waals surface area contributed by atoms with Gasteiger partial charge >= 0.3 is 0 Å². The summed E-state index contributed by atoms with van der Waals surface area (Å²) in [6.07, 6.45) is 2.46. The van der Waals surface area contributed by atoms with Crippen molar-refractivity contribution in [2.45, 2.75) is 24.6 Å². The zero-order chi connectivity index (χ0) is 13.1. The van der Waals surface area contributed by atoms with Crippen molar-refractivity contribution in [2.75, 3.05) is 13.1 Å². The molecule has 1 aromatic carbocycles. The Morgan fingerprint density at radius 2 is 2.37 bits per heavy atom. The standard InChI is InChI=1S/C14H16ClN3O/c15-8-13-17-14(18-19-13)11-4-1-3-10(7-11)12-5-2-6-16-9-12/h1,3-4,7,12,16H,2,5-6,8-9H2. The summed E-state index contributed by atoms with van der Waals surface area (Å²) in [4.78, 5) is 4.26. The molecule has 0 radical (unpaired) electrons. The van der Waals surface area contributed by atoms with E-state index in [-0.39, 0.29) is 5.88 Å². The van der Waals surface area contributed by atoms with E-state index < -0.39 is 0 Å². The Kier molecular flexibility index (Phi) is 3.80. The smallest absolute Gasteiger partial charge is 0.241 e. The van der Waals surface area contributed by atoms with Crippen LogP contribution in [0.1, 0.15) is 30.2 Å². The molecule has 0 saturated carbocycles. The minimum atomic E-state index is 0.249. The van der Waals surface area contributed by atoms with Gasteiger partial charge in [-0.05, 0) is 36.9 Å². The first-order valence-electron chi connectivity index (χ1n) is 6.56. The second-order valence-electron chi connectivity index (χ2n) is 4.81. The van der Waals surface area contributed by atoms with Crippen LogP contribution >= 0.6 is 11.6 Å². The van der Waals surface area contributed by atoms with Gasteiger partial charge in [-0.1, -0.05) is 23.4 Å². The van der Waals surface area contributed by atoms with Crippen LogP contribution in [0.2, 0.25) is 0 Å². The Hall–Kier alpha value is -1.39. The van der Waals surface area contributed by atoms with Crippen molar-refractivity contribution in [2.24, 2.45) is 0 Å². The highest BCUT2D eigenvalue weighted by Crippen LogP contribution is 2.26. The summed E-state index contributed by atoms with van der Waals surface area (Å²) in [6, 6.07) is 8.38. The Labute approximate surface area is 117 Å². The highest BCUT2D eigenvalue weighted by Gasteiger charge is 2.16. The molecule has 100 valence electrons. The second-order valence-corrected chi connectivity index (χ2v) is 5.08. The summed E-state index contributed by atoms with van der Waals surface area (Å²) in [7, 11) is 0. The summed E-state index contributed by atoms with van der Waals surface area (Å²) in [5, 5.41) is 7.40. The molecule has 2 aromatic rings. The number of nitrogens with one attached hydrogen (secondary N) is 1. The molecule has 1 aliphatic heterocycles. The van der Waals surface area contributed by atoms with Gasteiger partial charge in [0.05, 0.1) is 0 Å². The fraction of sp³-hybridized carbons (Fsp3) is 0.429. The van der Waals surface area contributed by atoms with Crippen LogP contribution in [-0.4, -0.2) is 23.2 Å². The van der Waals surface area contributed by atoms with E-state index in [2.05, 4.69) is 33.7 Å². The molecule has 0 aliphatic carbocycles. The van der Waals surface area contributed by atoms with Gasteiger partial charge in [0.1, 0.15) is 5.88 Å². The Morgan fingerprint density at radius 3 is 3.11 bits per heavy atom. The molecule has 0 amide bonds. The first-order chi connectivity index (χ1) is 9.36. The first-order valence-corrected chi connectivity index (χ1v) is 7.10. The molecule has 1 atom stereocenters. The van der Waals surface area contributed by atoms with Gasteiger partial charge in [-0.15, -0.1) is 11.6 Å². The lowest BCUT2D eigenvalue weighted by atomic mass is 9.91. The Balaban J connectivity index is 1.86. The van der Waals surface area contributed by atoms with Crippen LogP contribution in [0.5, 0.6) is 0 Å². The summed E-state index contributed by atoms with van der Waals surface area (Å²) in [5.74, 6) is 1.90. The molecule has 1 N–H and O–H groups in total. The lowest BCUT2D eigenvalue weighted by Crippen LogP contribution is -2.28. The monoisotopic (exact) mass is 277 g/mol. The molecule has 0 spiro atoms. The number of hydrogen-bond donors (Lipinski definition) is 1. The molecule has 4 nitrogen and oxygen atoms in total. The summed E-state index contributed by atoms with van der Waals surface area (Å²) in [6.45, 7) is 2.17. The SMILES string of the molecule is ClCc1nc(-c2cccc(C3CCCNC3)c2)no1. The molecule has 1 aliphatic rings. The maximum Gasteiger partial charge on any atom is 0.241 e. The van der Waals surface area contributed by atoms with Crippen LogP contribution in [0.25, 0.3) is 11.4 Å². The molecular weight excluding hydrogens is 262 g/mol. The average molecular weight is 278 g/mol. The van der Waals surface area contributed by atoms with Crippen molar-refractivity contribution in [1.29, 1.82) is 0 Å². The van der Waals surface area contributed by atoms with Gasteiger partial charge in [0.25, 0.3) is 0 Å². The molecule has 1 fully saturated rings. The number of piperidine rings is 1. The molecule has 5 heteroatoms. The van der Waals surface area contributed by atoms with Gasteiger partial charge in [0, 0.05) is 12.1 Å². The van der Waals surface area contributed by atoms with E-state index in [0.29, 0.717) is 17.6 Å². The van der Waals surface area contributed by atoms with E-state index in [4.69, 9.17) is 16.1 Å². The highest BCUT2D eigenvalue weighted by atomic mass is 35.5. The van der Waals surface area contributed by atoms with Crippen molar-refractivity contribution < 1.29 is 4.52 Å². The van der Waals surface area contributed by atoms with Crippen molar-refractivity contribution in [3.05, 3.63) is 35.7 Å². The fourth-order valence-electron chi connectivity index (χ4n) is 2.49. The van der Waals surface area contributed by atoms with Crippen molar-refractivity contribution in [3.63, 3.8) is 0 Å². The third-order valence-electron chi connectivity index (χ3n) is 3.50. The molecule has 0 bridgehead atoms. The summed E-state index contributed by atoms with van der Waals surface area (Å²) in [5.41, 5.74) is 2.32. The van der Waals surface area contributed by atoms with E-state index in [1.54, 1.807) is 0 Å². The number of alkyl halides is 1. The maximum absolute atomic E-state index is 5.68. The Morgan fingerprint density at radius 1 is 1.42 bits per heavy atom. The van der Waals surface area contributed by atoms with Crippen LogP contribution < -0.4 is 5.32 Å². The van der Waals surface area contributed by atoms with Gasteiger partial charge in [-0.3, -0.25) is 0 Å². The predicted molar refractivity (Wildman–Crippen MR) is 74.1 cm³/mol. The van der Waals surface area contributed by atoms with Crippen molar-refractivity contribution >= 4 is 11.6 Å². The number of benzene rings is 1. The van der Waals surface area contributed by atoms with Gasteiger partial charge < -0.3 is 9.84 Å². The normalized spacial score (nSPS) is 19.5. The van der Waals surface area contributed by atoms with Crippen LogP contribution in [0.4, 0.5) is 0 Å². The fourth-order valence-corrected chi connectivity index (χ4v) is 2.60. The molecular formula is C14H16ClN3O. The number of aromatic nitrogens is 2. The van der Waals surface area contributed by atoms with E-state index in [0.717, 1.165) is 18.7 Å².